The van der Waals surface area contributed by atoms with Crippen LogP contribution in [0.5, 0.6) is 5.75 Å². The molecule has 3 aliphatic heterocycles. The van der Waals surface area contributed by atoms with Crippen molar-refractivity contribution in [3.8, 4) is 5.75 Å². The standard InChI is InChI=1S/C47H62BF2N2O4/c1-17-28-30(19-3)40(51-38(28)26-21-32(44(5,6)7)42(53)33(22-26)45(8,9)10)36-25-37(56-48(49,50)55-36)41-31(20-4)29(18-2)39(52-41)27-23-34(46(11,12)13)43(54)35(24-27)47(14,15)16/h21-25,53H,17-20H2,1-16H3/q-1/p+1/b40-36+. The number of halogens is 2. The topological polar surface area (TPSA) is 82.1 Å². The number of carbonyl (C=O) groups is 1. The van der Waals surface area contributed by atoms with Gasteiger partial charge in [0.15, 0.2) is 11.5 Å². The zero-order valence-corrected chi connectivity index (χ0v) is 36.7. The molecule has 9 heteroatoms. The van der Waals surface area contributed by atoms with E-state index in [0.717, 1.165) is 50.3 Å². The van der Waals surface area contributed by atoms with Gasteiger partial charge < -0.3 is 23.0 Å². The normalized spacial score (nSPS) is 20.9. The highest BCUT2D eigenvalue weighted by atomic mass is 19.3. The van der Waals surface area contributed by atoms with Gasteiger partial charge in [0, 0.05) is 50.6 Å². The summed E-state index contributed by atoms with van der Waals surface area (Å²) in [6.45, 7) is 32.7. The van der Waals surface area contributed by atoms with E-state index in [1.165, 1.54) is 0 Å². The Hall–Kier alpha value is -4.27. The number of hydrogen-bond donors (Lipinski definition) is 2. The summed E-state index contributed by atoms with van der Waals surface area (Å²) in [5.74, 6) is 0.239. The van der Waals surface area contributed by atoms with Gasteiger partial charge in [-0.1, -0.05) is 111 Å². The smallest absolute Gasteiger partial charge is 0.626 e. The number of ketones is 1. The van der Waals surface area contributed by atoms with E-state index in [0.29, 0.717) is 53.9 Å². The summed E-state index contributed by atoms with van der Waals surface area (Å²) < 4.78 is 42.5. The van der Waals surface area contributed by atoms with Gasteiger partial charge >= 0.3 is 7.11 Å². The molecule has 302 valence electrons. The number of Topliss-reactive ketones (excluding diaryl/α,β-unsaturated/α-hetero) is 1. The zero-order chi connectivity index (χ0) is 42.1. The quantitative estimate of drug-likeness (QED) is 0.282. The van der Waals surface area contributed by atoms with Gasteiger partial charge in [0.05, 0.1) is 5.70 Å². The fourth-order valence-corrected chi connectivity index (χ4v) is 8.12. The molecule has 0 fully saturated rings. The fraction of sp³-hybridized carbons (Fsp3) is 0.511. The van der Waals surface area contributed by atoms with Crippen LogP contribution in [0.4, 0.5) is 8.63 Å². The summed E-state index contributed by atoms with van der Waals surface area (Å²) in [4.78, 5) is 22.4. The van der Waals surface area contributed by atoms with Crippen molar-refractivity contribution in [2.45, 2.75) is 147 Å². The molecule has 0 atom stereocenters. The molecular formula is C47H63BF2N2O4. The number of phenolic OH excluding ortho intramolecular Hbond substituents is 1. The second-order valence-electron chi connectivity index (χ2n) is 19.5. The number of aliphatic imine (C=N–C) groups is 1. The van der Waals surface area contributed by atoms with Crippen LogP contribution in [0.15, 0.2) is 97.3 Å². The van der Waals surface area contributed by atoms with Crippen molar-refractivity contribution in [3.63, 3.8) is 0 Å². The Balaban J connectivity index is 1.79. The molecule has 0 unspecified atom stereocenters. The number of nitrogens with zero attached hydrogens (tertiary/aromatic N) is 1. The molecule has 0 spiro atoms. The van der Waals surface area contributed by atoms with Crippen LogP contribution in [0.3, 0.4) is 0 Å². The number of hydrogen-bond acceptors (Lipinski definition) is 5. The molecule has 1 aliphatic carbocycles. The van der Waals surface area contributed by atoms with Gasteiger partial charge in [0.1, 0.15) is 17.2 Å². The lowest BCUT2D eigenvalue weighted by Crippen LogP contribution is -2.69. The van der Waals surface area contributed by atoms with Gasteiger partial charge in [-0.3, -0.25) is 4.79 Å². The maximum Gasteiger partial charge on any atom is 0.726 e. The first kappa shape index (κ1) is 42.9. The minimum atomic E-state index is -4.77. The SMILES string of the molecule is CCC1=C(CC)C(=C2C=C(C(C)(C)C)C(=O)C(C(C)(C)C)=C2)N=C1C1=C/C(=C2\[NH+]=C(c3cc(C(C)(C)C)c(O)c(C(C)(C)C)c3)C(CC)=C2CC)O[B-](F)(F)O1. The van der Waals surface area contributed by atoms with Crippen LogP contribution in [-0.2, 0) is 24.9 Å². The van der Waals surface area contributed by atoms with Crippen molar-refractivity contribution in [2.75, 3.05) is 0 Å². The van der Waals surface area contributed by atoms with Crippen LogP contribution in [0, 0.1) is 10.8 Å². The molecule has 5 rings (SSSR count). The summed E-state index contributed by atoms with van der Waals surface area (Å²) in [7, 11) is -4.77. The molecule has 0 bridgehead atoms. The predicted molar refractivity (Wildman–Crippen MR) is 226 cm³/mol. The zero-order valence-electron chi connectivity index (χ0n) is 36.7. The molecule has 2 N–H and O–H groups in total. The molecule has 56 heavy (non-hydrogen) atoms. The van der Waals surface area contributed by atoms with Crippen LogP contribution in [0.2, 0.25) is 0 Å². The van der Waals surface area contributed by atoms with Crippen LogP contribution < -0.4 is 4.99 Å². The Bertz CT molecular complexity index is 2090. The Kier molecular flexibility index (Phi) is 11.2. The first-order chi connectivity index (χ1) is 25.7. The highest BCUT2D eigenvalue weighted by Gasteiger charge is 2.44. The van der Waals surface area contributed by atoms with E-state index in [9.17, 15) is 9.90 Å². The second-order valence-corrected chi connectivity index (χ2v) is 19.5. The van der Waals surface area contributed by atoms with Gasteiger partial charge in [-0.2, -0.15) is 0 Å². The van der Waals surface area contributed by atoms with E-state index in [4.69, 9.17) is 14.3 Å². The van der Waals surface area contributed by atoms with E-state index in [2.05, 4.69) is 53.5 Å². The Morgan fingerprint density at radius 2 is 1.16 bits per heavy atom. The van der Waals surface area contributed by atoms with Crippen molar-refractivity contribution < 1.29 is 32.8 Å². The predicted octanol–water partition coefficient (Wildman–Crippen LogP) is 10.9. The van der Waals surface area contributed by atoms with Gasteiger partial charge in [0.25, 0.3) is 0 Å². The third-order valence-corrected chi connectivity index (χ3v) is 11.1. The minimum Gasteiger partial charge on any atom is -0.626 e. The molecule has 1 aromatic rings. The van der Waals surface area contributed by atoms with Gasteiger partial charge in [-0.25, -0.2) is 9.98 Å². The highest BCUT2D eigenvalue weighted by molar-refractivity contribution is 6.53. The minimum absolute atomic E-state index is 0.00897. The molecule has 0 radical (unpaired) electrons. The van der Waals surface area contributed by atoms with Crippen molar-refractivity contribution in [2.24, 2.45) is 15.8 Å². The maximum atomic E-state index is 15.8. The first-order valence-corrected chi connectivity index (χ1v) is 20.3. The molecule has 4 aliphatic rings. The largest absolute Gasteiger partial charge is 0.726 e. The van der Waals surface area contributed by atoms with Crippen LogP contribution in [0.25, 0.3) is 0 Å². The highest BCUT2D eigenvalue weighted by Crippen LogP contribution is 2.45. The summed E-state index contributed by atoms with van der Waals surface area (Å²) in [5.41, 5.74) is 9.09. The molecule has 0 amide bonds. The van der Waals surface area contributed by atoms with E-state index in [1.807, 2.05) is 86.6 Å². The van der Waals surface area contributed by atoms with E-state index in [1.54, 1.807) is 6.08 Å². The van der Waals surface area contributed by atoms with Gasteiger partial charge in [-0.15, -0.1) is 0 Å². The third kappa shape index (κ3) is 7.97. The van der Waals surface area contributed by atoms with Crippen LogP contribution in [-0.4, -0.2) is 29.4 Å². The molecule has 1 aromatic carbocycles. The lowest BCUT2D eigenvalue weighted by Gasteiger charge is -2.34. The average molecular weight is 769 g/mol. The number of phenols is 1. The number of rotatable bonds is 6. The van der Waals surface area contributed by atoms with E-state index < -0.39 is 17.9 Å². The molecule has 0 aromatic heterocycles. The number of benzene rings is 1. The lowest BCUT2D eigenvalue weighted by molar-refractivity contribution is -0.390. The summed E-state index contributed by atoms with van der Waals surface area (Å²) in [5, 5.41) is 11.5. The molecule has 6 nitrogen and oxygen atoms in total. The van der Waals surface area contributed by atoms with Crippen LogP contribution >= 0.6 is 0 Å². The molecule has 0 saturated carbocycles. The summed E-state index contributed by atoms with van der Waals surface area (Å²) in [6, 6.07) is 4.03. The molecule has 3 heterocycles. The Morgan fingerprint density at radius 3 is 1.59 bits per heavy atom. The average Bonchev–Trinajstić information content (AvgIpc) is 3.64. The van der Waals surface area contributed by atoms with E-state index in [-0.39, 0.29) is 33.9 Å². The second kappa shape index (κ2) is 14.6. The number of nitrogens with one attached hydrogen (secondary N) is 1. The van der Waals surface area contributed by atoms with Crippen molar-refractivity contribution in [1.82, 2.24) is 0 Å². The maximum absolute atomic E-state index is 15.8. The Labute approximate surface area is 334 Å². The monoisotopic (exact) mass is 768 g/mol. The fourth-order valence-electron chi connectivity index (χ4n) is 8.12. The number of aromatic hydroxyl groups is 1. The van der Waals surface area contributed by atoms with Crippen molar-refractivity contribution in [1.29, 1.82) is 0 Å². The van der Waals surface area contributed by atoms with Crippen molar-refractivity contribution >= 4 is 24.3 Å². The first-order valence-electron chi connectivity index (χ1n) is 20.3. The van der Waals surface area contributed by atoms with Crippen LogP contribution in [0.1, 0.15) is 153 Å². The lowest BCUT2D eigenvalue weighted by atomic mass is 9.71. The third-order valence-electron chi connectivity index (χ3n) is 11.1. The Morgan fingerprint density at radius 1 is 0.679 bits per heavy atom. The summed E-state index contributed by atoms with van der Waals surface area (Å²) >= 11 is 0. The molecule has 0 saturated heterocycles. The number of allylic oxidation sites excluding steroid dienone is 10. The molecular weight excluding hydrogens is 705 g/mol. The summed E-state index contributed by atoms with van der Waals surface area (Å²) in [6.07, 6.45) is 7.78. The van der Waals surface area contributed by atoms with Gasteiger partial charge in [-0.05, 0) is 82.8 Å². The van der Waals surface area contributed by atoms with E-state index >= 15 is 8.63 Å². The van der Waals surface area contributed by atoms with Gasteiger partial charge in [0.2, 0.25) is 11.4 Å². The number of carbonyl (C=O) groups excluding carboxylic acids is 1. The van der Waals surface area contributed by atoms with Crippen molar-refractivity contribution in [3.05, 3.63) is 109 Å².